The maximum absolute atomic E-state index is 12.6. The van der Waals surface area contributed by atoms with E-state index in [0.29, 0.717) is 12.6 Å². The number of piperazine rings is 1. The minimum atomic E-state index is -0.219. The van der Waals surface area contributed by atoms with Crippen LogP contribution in [-0.4, -0.2) is 91.6 Å². The summed E-state index contributed by atoms with van der Waals surface area (Å²) in [5.41, 5.74) is 2.96. The van der Waals surface area contributed by atoms with Crippen LogP contribution < -0.4 is 5.32 Å². The number of carbonyl (C=O) groups is 1. The monoisotopic (exact) mass is 555 g/mol. The molecule has 2 saturated heterocycles. The van der Waals surface area contributed by atoms with E-state index in [1.165, 1.54) is 11.1 Å². The summed E-state index contributed by atoms with van der Waals surface area (Å²) in [4.78, 5) is 24.0. The summed E-state index contributed by atoms with van der Waals surface area (Å²) in [6.45, 7) is 9.11. The Morgan fingerprint density at radius 1 is 1.16 bits per heavy atom. The highest BCUT2D eigenvalue weighted by Crippen LogP contribution is 2.21. The van der Waals surface area contributed by atoms with E-state index in [-0.39, 0.29) is 36.0 Å². The molecule has 3 heterocycles. The molecule has 4 rings (SSSR count). The van der Waals surface area contributed by atoms with Crippen LogP contribution in [0.4, 0.5) is 0 Å². The van der Waals surface area contributed by atoms with Crippen molar-refractivity contribution in [3.8, 4) is 0 Å². The fraction of sp³-hybridized carbons (Fsp3) is 0.667. The van der Waals surface area contributed by atoms with Crippen LogP contribution in [-0.2, 0) is 22.5 Å². The Labute approximate surface area is 209 Å². The minimum absolute atomic E-state index is 0. The topological polar surface area (TPSA) is 60.4 Å². The van der Waals surface area contributed by atoms with Gasteiger partial charge < -0.3 is 19.9 Å². The van der Waals surface area contributed by atoms with Crippen molar-refractivity contribution in [2.75, 3.05) is 52.9 Å². The Morgan fingerprint density at radius 2 is 1.88 bits per heavy atom. The van der Waals surface area contributed by atoms with Crippen LogP contribution in [0.5, 0.6) is 0 Å². The third-order valence-corrected chi connectivity index (χ3v) is 6.95. The first-order chi connectivity index (χ1) is 15.2. The summed E-state index contributed by atoms with van der Waals surface area (Å²) >= 11 is 0. The Bertz CT molecular complexity index is 775. The summed E-state index contributed by atoms with van der Waals surface area (Å²) < 4.78 is 5.57. The molecule has 3 aliphatic heterocycles. The summed E-state index contributed by atoms with van der Waals surface area (Å²) in [7, 11) is 1.85. The van der Waals surface area contributed by atoms with E-state index < -0.39 is 0 Å². The number of amides is 1. The van der Waals surface area contributed by atoms with Crippen molar-refractivity contribution in [2.24, 2.45) is 4.99 Å². The van der Waals surface area contributed by atoms with Gasteiger partial charge in [0.05, 0.1) is 0 Å². The van der Waals surface area contributed by atoms with Crippen LogP contribution in [0.15, 0.2) is 29.3 Å². The zero-order valence-electron chi connectivity index (χ0n) is 19.5. The number of rotatable bonds is 5. The van der Waals surface area contributed by atoms with Gasteiger partial charge in [0, 0.05) is 65.5 Å². The van der Waals surface area contributed by atoms with Crippen molar-refractivity contribution >= 4 is 35.8 Å². The molecule has 8 heteroatoms. The molecular formula is C24H38IN5O2. The third kappa shape index (κ3) is 5.94. The molecule has 0 radical (unpaired) electrons. The van der Waals surface area contributed by atoms with Crippen LogP contribution in [0.3, 0.4) is 0 Å². The number of hydrogen-bond acceptors (Lipinski definition) is 4. The van der Waals surface area contributed by atoms with Gasteiger partial charge in [0.2, 0.25) is 0 Å². The first-order valence-electron chi connectivity index (χ1n) is 11.9. The van der Waals surface area contributed by atoms with E-state index in [1.807, 2.05) is 11.9 Å². The zero-order chi connectivity index (χ0) is 21.6. The zero-order valence-corrected chi connectivity index (χ0v) is 21.8. The summed E-state index contributed by atoms with van der Waals surface area (Å²) in [6.07, 6.45) is 3.87. The van der Waals surface area contributed by atoms with Crippen LogP contribution in [0, 0.1) is 0 Å². The molecule has 2 unspecified atom stereocenters. The van der Waals surface area contributed by atoms with Gasteiger partial charge in [0.1, 0.15) is 6.10 Å². The van der Waals surface area contributed by atoms with Crippen molar-refractivity contribution < 1.29 is 9.53 Å². The predicted octanol–water partition coefficient (Wildman–Crippen LogP) is 2.34. The fourth-order valence-corrected chi connectivity index (χ4v) is 5.02. The maximum Gasteiger partial charge on any atom is 0.251 e. The highest BCUT2D eigenvalue weighted by molar-refractivity contribution is 14.0. The standard InChI is InChI=1S/C24H37N5O2.HI/c1-3-21(29-11-10-19-7-4-5-8-20(19)18-29)17-26-24(25-2)28-14-12-27(13-15-28)23(30)22-9-6-16-31-22;/h4-5,7-8,21-22H,3,6,9-18H2,1-2H3,(H,25,26);1H. The molecule has 0 saturated carbocycles. The van der Waals surface area contributed by atoms with Crippen LogP contribution in [0.25, 0.3) is 0 Å². The van der Waals surface area contributed by atoms with E-state index in [4.69, 9.17) is 4.74 Å². The smallest absolute Gasteiger partial charge is 0.251 e. The molecule has 3 aliphatic rings. The molecule has 1 amide bonds. The van der Waals surface area contributed by atoms with Gasteiger partial charge in [-0.25, -0.2) is 0 Å². The number of nitrogens with zero attached hydrogens (tertiary/aromatic N) is 4. The number of ether oxygens (including phenoxy) is 1. The van der Waals surface area contributed by atoms with Gasteiger partial charge >= 0.3 is 0 Å². The lowest BCUT2D eigenvalue weighted by Crippen LogP contribution is -2.56. The second-order valence-corrected chi connectivity index (χ2v) is 8.79. The average molecular weight is 556 g/mol. The Balaban J connectivity index is 0.00000289. The highest BCUT2D eigenvalue weighted by atomic mass is 127. The number of aliphatic imine (C=N–C) groups is 1. The Kier molecular flexibility index (Phi) is 9.61. The number of benzene rings is 1. The lowest BCUT2D eigenvalue weighted by molar-refractivity contribution is -0.142. The molecule has 0 aromatic heterocycles. The molecule has 2 atom stereocenters. The molecule has 1 aromatic carbocycles. The number of carbonyl (C=O) groups excluding carboxylic acids is 1. The SMILES string of the molecule is CCC(CNC(=NC)N1CCN(C(=O)C2CCCO2)CC1)N1CCc2ccccc2C1.I. The summed E-state index contributed by atoms with van der Waals surface area (Å²) in [6, 6.07) is 9.29. The summed E-state index contributed by atoms with van der Waals surface area (Å²) in [5.74, 6) is 1.11. The maximum atomic E-state index is 12.6. The predicted molar refractivity (Wildman–Crippen MR) is 139 cm³/mol. The van der Waals surface area contributed by atoms with E-state index >= 15 is 0 Å². The highest BCUT2D eigenvalue weighted by Gasteiger charge is 2.31. The van der Waals surface area contributed by atoms with Gasteiger partial charge in [-0.3, -0.25) is 14.7 Å². The fourth-order valence-electron chi connectivity index (χ4n) is 5.02. The Hall–Kier alpha value is -1.39. The van der Waals surface area contributed by atoms with Crippen LogP contribution in [0.2, 0.25) is 0 Å². The van der Waals surface area contributed by atoms with Crippen LogP contribution >= 0.6 is 24.0 Å². The van der Waals surface area contributed by atoms with E-state index in [0.717, 1.165) is 77.5 Å². The van der Waals surface area contributed by atoms with Crippen molar-refractivity contribution in [3.05, 3.63) is 35.4 Å². The first kappa shape index (κ1) is 25.2. The van der Waals surface area contributed by atoms with Crippen molar-refractivity contribution in [1.29, 1.82) is 0 Å². The van der Waals surface area contributed by atoms with Gasteiger partial charge in [0.25, 0.3) is 5.91 Å². The normalized spacial score (nSPS) is 22.8. The molecule has 32 heavy (non-hydrogen) atoms. The second kappa shape index (κ2) is 12.2. The number of guanidine groups is 1. The number of nitrogens with one attached hydrogen (secondary N) is 1. The minimum Gasteiger partial charge on any atom is -0.368 e. The lowest BCUT2D eigenvalue weighted by Gasteiger charge is -2.39. The number of fused-ring (bicyclic) bond motifs is 1. The molecule has 1 aromatic rings. The largest absolute Gasteiger partial charge is 0.368 e. The second-order valence-electron chi connectivity index (χ2n) is 8.79. The Morgan fingerprint density at radius 3 is 2.53 bits per heavy atom. The van der Waals surface area contributed by atoms with Crippen molar-refractivity contribution in [1.82, 2.24) is 20.0 Å². The van der Waals surface area contributed by atoms with Gasteiger partial charge in [-0.15, -0.1) is 24.0 Å². The number of halogens is 1. The molecule has 0 aliphatic carbocycles. The van der Waals surface area contributed by atoms with Gasteiger partial charge in [-0.05, 0) is 36.8 Å². The third-order valence-electron chi connectivity index (χ3n) is 6.95. The molecule has 0 spiro atoms. The van der Waals surface area contributed by atoms with E-state index in [1.54, 1.807) is 0 Å². The average Bonchev–Trinajstić information content (AvgIpc) is 3.36. The van der Waals surface area contributed by atoms with Crippen LogP contribution in [0.1, 0.15) is 37.3 Å². The molecule has 2 fully saturated rings. The van der Waals surface area contributed by atoms with Crippen molar-refractivity contribution in [3.63, 3.8) is 0 Å². The van der Waals surface area contributed by atoms with Crippen molar-refractivity contribution in [2.45, 2.75) is 51.3 Å². The molecule has 0 bridgehead atoms. The lowest BCUT2D eigenvalue weighted by atomic mass is 9.98. The molecular weight excluding hydrogens is 517 g/mol. The molecule has 7 nitrogen and oxygen atoms in total. The first-order valence-corrected chi connectivity index (χ1v) is 11.9. The molecule has 178 valence electrons. The van der Waals surface area contributed by atoms with Gasteiger partial charge in [-0.2, -0.15) is 0 Å². The summed E-state index contributed by atoms with van der Waals surface area (Å²) in [5, 5.41) is 3.62. The molecule has 1 N–H and O–H groups in total. The van der Waals surface area contributed by atoms with Gasteiger partial charge in [0.15, 0.2) is 5.96 Å². The van der Waals surface area contributed by atoms with E-state index in [9.17, 15) is 4.79 Å². The quantitative estimate of drug-likeness (QED) is 0.344. The van der Waals surface area contributed by atoms with E-state index in [2.05, 4.69) is 51.3 Å². The van der Waals surface area contributed by atoms with Gasteiger partial charge in [-0.1, -0.05) is 31.2 Å². The number of hydrogen-bond donors (Lipinski definition) is 1.